The van der Waals surface area contributed by atoms with Crippen LogP contribution in [0.2, 0.25) is 0 Å². The number of nitrogens with zero attached hydrogens (tertiary/aromatic N) is 3. The SMILES string of the molecule is CN1c2ccccc2Sc2cccc(-c3cccc(-c4cccc5c4N(C)c4ccccc4S5)[n+]3C)c21. The van der Waals surface area contributed by atoms with E-state index in [-0.39, 0.29) is 0 Å². The molecule has 0 bridgehead atoms. The topological polar surface area (TPSA) is 10.4 Å². The number of pyridine rings is 1. The monoisotopic (exact) mass is 516 g/mol. The summed E-state index contributed by atoms with van der Waals surface area (Å²) >= 11 is 3.71. The number of hydrogen-bond acceptors (Lipinski definition) is 4. The van der Waals surface area contributed by atoms with E-state index in [9.17, 15) is 0 Å². The summed E-state index contributed by atoms with van der Waals surface area (Å²) in [4.78, 5) is 9.85. The van der Waals surface area contributed by atoms with Gasteiger partial charge in [0.05, 0.1) is 33.9 Å². The Kier molecular flexibility index (Phi) is 5.31. The van der Waals surface area contributed by atoms with Gasteiger partial charge in [0.1, 0.15) is 7.05 Å². The molecule has 0 saturated carbocycles. The van der Waals surface area contributed by atoms with Gasteiger partial charge in [0.15, 0.2) is 0 Å². The van der Waals surface area contributed by atoms with E-state index in [4.69, 9.17) is 0 Å². The summed E-state index contributed by atoms with van der Waals surface area (Å²) in [6.07, 6.45) is 0. The Morgan fingerprint density at radius 1 is 0.486 bits per heavy atom. The average Bonchev–Trinajstić information content (AvgIpc) is 2.93. The van der Waals surface area contributed by atoms with Gasteiger partial charge in [-0.05, 0) is 54.6 Å². The molecule has 3 heterocycles. The Hall–Kier alpha value is -3.67. The van der Waals surface area contributed by atoms with Crippen LogP contribution in [-0.4, -0.2) is 14.1 Å². The molecule has 0 spiro atoms. The molecular weight excluding hydrogens is 491 g/mol. The van der Waals surface area contributed by atoms with E-state index in [0.717, 1.165) is 0 Å². The van der Waals surface area contributed by atoms with Crippen molar-refractivity contribution in [1.29, 1.82) is 0 Å². The van der Waals surface area contributed by atoms with E-state index in [1.165, 1.54) is 64.8 Å². The second-order valence-corrected chi connectivity index (χ2v) is 11.6. The first-order valence-corrected chi connectivity index (χ1v) is 14.0. The van der Waals surface area contributed by atoms with Gasteiger partial charge < -0.3 is 9.80 Å². The quantitative estimate of drug-likeness (QED) is 0.218. The molecule has 1 aromatic heterocycles. The van der Waals surface area contributed by atoms with Crippen molar-refractivity contribution in [1.82, 2.24) is 0 Å². The summed E-state index contributed by atoms with van der Waals surface area (Å²) in [6, 6.07) is 37.3. The van der Waals surface area contributed by atoms with Crippen molar-refractivity contribution < 1.29 is 4.57 Å². The lowest BCUT2D eigenvalue weighted by Crippen LogP contribution is -2.35. The zero-order valence-electron chi connectivity index (χ0n) is 21.0. The molecule has 180 valence electrons. The second-order valence-electron chi connectivity index (χ2n) is 9.42. The van der Waals surface area contributed by atoms with Crippen LogP contribution in [0, 0.1) is 0 Å². The first-order valence-electron chi connectivity index (χ1n) is 12.4. The number of benzene rings is 4. The number of hydrogen-bond donors (Lipinski definition) is 0. The minimum atomic E-state index is 1.20. The van der Waals surface area contributed by atoms with Crippen LogP contribution < -0.4 is 14.4 Å². The van der Waals surface area contributed by atoms with E-state index in [1.807, 2.05) is 23.5 Å². The molecule has 0 amide bonds. The van der Waals surface area contributed by atoms with Crippen molar-refractivity contribution in [2.45, 2.75) is 19.6 Å². The van der Waals surface area contributed by atoms with Gasteiger partial charge in [-0.3, -0.25) is 0 Å². The van der Waals surface area contributed by atoms with E-state index in [1.54, 1.807) is 0 Å². The molecule has 7 rings (SSSR count). The third-order valence-electron chi connectivity index (χ3n) is 7.34. The van der Waals surface area contributed by atoms with Crippen LogP contribution >= 0.6 is 23.5 Å². The molecule has 4 aromatic carbocycles. The highest BCUT2D eigenvalue weighted by atomic mass is 32.2. The molecule has 0 saturated heterocycles. The number of para-hydroxylation sites is 4. The van der Waals surface area contributed by atoms with Crippen molar-refractivity contribution >= 4 is 46.3 Å². The Morgan fingerprint density at radius 3 is 1.38 bits per heavy atom. The van der Waals surface area contributed by atoms with Crippen molar-refractivity contribution in [2.24, 2.45) is 7.05 Å². The van der Waals surface area contributed by atoms with Gasteiger partial charge in [0.25, 0.3) is 0 Å². The van der Waals surface area contributed by atoms with Crippen LogP contribution in [0.1, 0.15) is 0 Å². The number of aromatic nitrogens is 1. The third-order valence-corrected chi connectivity index (χ3v) is 9.57. The predicted octanol–water partition coefficient (Wildman–Crippen LogP) is 8.31. The largest absolute Gasteiger partial charge is 0.342 e. The molecule has 0 aliphatic carbocycles. The first kappa shape index (κ1) is 22.5. The van der Waals surface area contributed by atoms with E-state index < -0.39 is 0 Å². The maximum atomic E-state index is 2.35. The minimum absolute atomic E-state index is 1.20. The Morgan fingerprint density at radius 2 is 0.892 bits per heavy atom. The summed E-state index contributed by atoms with van der Waals surface area (Å²) in [5.41, 5.74) is 9.90. The standard InChI is InChI=1S/C32H26N3S2/c1-33-23(21-11-8-19-29-31(21)34(2)25-13-4-6-17-27(25)36-29)15-10-16-24(33)22-12-9-20-30-32(22)35(3)26-14-5-7-18-28(26)37-30/h4-20H,1-3H3/q+1. The molecule has 0 unspecified atom stereocenters. The second kappa shape index (κ2) is 8.72. The maximum absolute atomic E-state index is 2.35. The molecule has 5 heteroatoms. The summed E-state index contributed by atoms with van der Waals surface area (Å²) in [6.45, 7) is 0. The maximum Gasteiger partial charge on any atom is 0.214 e. The number of rotatable bonds is 2. The predicted molar refractivity (Wildman–Crippen MR) is 156 cm³/mol. The summed E-state index contributed by atoms with van der Waals surface area (Å²) in [7, 11) is 6.56. The van der Waals surface area contributed by atoms with Gasteiger partial charge in [-0.15, -0.1) is 0 Å². The Labute approximate surface area is 226 Å². The molecule has 2 aliphatic rings. The lowest BCUT2D eigenvalue weighted by atomic mass is 10.0. The Balaban J connectivity index is 1.39. The smallest absolute Gasteiger partial charge is 0.214 e. The van der Waals surface area contributed by atoms with E-state index in [0.29, 0.717) is 0 Å². The molecule has 0 N–H and O–H groups in total. The molecule has 5 aromatic rings. The fraction of sp³-hybridized carbons (Fsp3) is 0.0938. The van der Waals surface area contributed by atoms with Crippen molar-refractivity contribution in [3.05, 3.63) is 103 Å². The molecule has 0 fully saturated rings. The van der Waals surface area contributed by atoms with Gasteiger partial charge in [0.2, 0.25) is 11.4 Å². The van der Waals surface area contributed by atoms with Crippen LogP contribution in [0.5, 0.6) is 0 Å². The van der Waals surface area contributed by atoms with Crippen LogP contribution in [-0.2, 0) is 7.05 Å². The lowest BCUT2D eigenvalue weighted by Gasteiger charge is -2.31. The number of fused-ring (bicyclic) bond motifs is 4. The summed E-state index contributed by atoms with van der Waals surface area (Å²) in [5.74, 6) is 0. The van der Waals surface area contributed by atoms with Gasteiger partial charge >= 0.3 is 0 Å². The van der Waals surface area contributed by atoms with Gasteiger partial charge in [-0.1, -0.05) is 59.9 Å². The highest BCUT2D eigenvalue weighted by Crippen LogP contribution is 2.52. The van der Waals surface area contributed by atoms with Gasteiger partial charge in [-0.2, -0.15) is 4.57 Å². The highest BCUT2D eigenvalue weighted by Gasteiger charge is 2.30. The summed E-state index contributed by atoms with van der Waals surface area (Å²) in [5, 5.41) is 0. The van der Waals surface area contributed by atoms with Crippen LogP contribution in [0.3, 0.4) is 0 Å². The third kappa shape index (κ3) is 3.49. The average molecular weight is 517 g/mol. The molecule has 0 atom stereocenters. The van der Waals surface area contributed by atoms with E-state index >= 15 is 0 Å². The molecular formula is C32H26N3S2+. The lowest BCUT2D eigenvalue weighted by molar-refractivity contribution is -0.649. The van der Waals surface area contributed by atoms with Crippen LogP contribution in [0.4, 0.5) is 22.7 Å². The molecule has 0 radical (unpaired) electrons. The summed E-state index contributed by atoms with van der Waals surface area (Å²) < 4.78 is 2.35. The van der Waals surface area contributed by atoms with E-state index in [2.05, 4.69) is 139 Å². The van der Waals surface area contributed by atoms with Gasteiger partial charge in [-0.25, -0.2) is 0 Å². The van der Waals surface area contributed by atoms with Crippen molar-refractivity contribution in [3.8, 4) is 22.5 Å². The van der Waals surface area contributed by atoms with Crippen LogP contribution in [0.25, 0.3) is 22.5 Å². The fourth-order valence-electron chi connectivity index (χ4n) is 5.56. The normalized spacial score (nSPS) is 13.5. The Bertz CT molecular complexity index is 1570. The zero-order valence-corrected chi connectivity index (χ0v) is 22.6. The fourth-order valence-corrected chi connectivity index (χ4v) is 7.92. The first-order chi connectivity index (χ1) is 18.1. The van der Waals surface area contributed by atoms with Crippen LogP contribution in [0.15, 0.2) is 123 Å². The zero-order chi connectivity index (χ0) is 25.1. The van der Waals surface area contributed by atoms with Gasteiger partial charge in [0, 0.05) is 45.8 Å². The molecule has 3 nitrogen and oxygen atoms in total. The molecule has 2 aliphatic heterocycles. The number of anilines is 4. The highest BCUT2D eigenvalue weighted by molar-refractivity contribution is 8.00. The van der Waals surface area contributed by atoms with Crippen molar-refractivity contribution in [3.63, 3.8) is 0 Å². The minimum Gasteiger partial charge on any atom is -0.342 e. The van der Waals surface area contributed by atoms with Crippen molar-refractivity contribution in [2.75, 3.05) is 23.9 Å². The molecule has 37 heavy (non-hydrogen) atoms.